The van der Waals surface area contributed by atoms with Gasteiger partial charge in [0.2, 0.25) is 0 Å². The normalized spacial score (nSPS) is 12.1. The molecular formula is C15H14F2O3. The summed E-state index contributed by atoms with van der Waals surface area (Å²) < 4.78 is 36.6. The molecule has 1 unspecified atom stereocenters. The van der Waals surface area contributed by atoms with Crippen molar-refractivity contribution in [2.75, 3.05) is 14.2 Å². The average molecular weight is 280 g/mol. The van der Waals surface area contributed by atoms with Crippen molar-refractivity contribution in [2.45, 2.75) is 6.10 Å². The molecule has 0 bridgehead atoms. The van der Waals surface area contributed by atoms with Crippen LogP contribution in [0.15, 0.2) is 36.4 Å². The Balaban J connectivity index is 2.39. The molecule has 0 spiro atoms. The summed E-state index contributed by atoms with van der Waals surface area (Å²) in [5.74, 6) is -0.533. The summed E-state index contributed by atoms with van der Waals surface area (Å²) in [7, 11) is 2.96. The van der Waals surface area contributed by atoms with Gasteiger partial charge in [-0.2, -0.15) is 0 Å². The van der Waals surface area contributed by atoms with Gasteiger partial charge in [-0.1, -0.05) is 6.07 Å². The minimum absolute atomic E-state index is 0.134. The maximum Gasteiger partial charge on any atom is 0.161 e. The summed E-state index contributed by atoms with van der Waals surface area (Å²) in [5.41, 5.74) is 0.586. The van der Waals surface area contributed by atoms with Crippen LogP contribution in [-0.4, -0.2) is 19.3 Å². The highest BCUT2D eigenvalue weighted by atomic mass is 19.1. The van der Waals surface area contributed by atoms with Crippen molar-refractivity contribution in [3.8, 4) is 11.5 Å². The SMILES string of the molecule is COc1ccc(C(O)c2cc(F)cc(F)c2)cc1OC. The highest BCUT2D eigenvalue weighted by Gasteiger charge is 2.15. The number of aliphatic hydroxyl groups is 1. The van der Waals surface area contributed by atoms with Crippen LogP contribution in [0.3, 0.4) is 0 Å². The van der Waals surface area contributed by atoms with Crippen LogP contribution in [0.2, 0.25) is 0 Å². The first kappa shape index (κ1) is 14.3. The van der Waals surface area contributed by atoms with Crippen molar-refractivity contribution >= 4 is 0 Å². The first-order valence-electron chi connectivity index (χ1n) is 5.91. The molecule has 2 aromatic rings. The van der Waals surface area contributed by atoms with E-state index in [4.69, 9.17) is 9.47 Å². The zero-order chi connectivity index (χ0) is 14.7. The van der Waals surface area contributed by atoms with Crippen LogP contribution in [0.5, 0.6) is 11.5 Å². The maximum absolute atomic E-state index is 13.2. The third-order valence-corrected chi connectivity index (χ3v) is 2.92. The molecule has 2 rings (SSSR count). The molecule has 0 aromatic heterocycles. The first-order chi connectivity index (χ1) is 9.55. The summed E-state index contributed by atoms with van der Waals surface area (Å²) in [6.07, 6.45) is -1.15. The summed E-state index contributed by atoms with van der Waals surface area (Å²) in [5, 5.41) is 10.2. The smallest absolute Gasteiger partial charge is 0.161 e. The van der Waals surface area contributed by atoms with E-state index in [1.54, 1.807) is 18.2 Å². The van der Waals surface area contributed by atoms with E-state index in [0.29, 0.717) is 17.1 Å². The maximum atomic E-state index is 13.2. The van der Waals surface area contributed by atoms with Crippen LogP contribution in [0.4, 0.5) is 8.78 Å². The number of halogens is 2. The Kier molecular flexibility index (Phi) is 4.20. The molecule has 106 valence electrons. The zero-order valence-corrected chi connectivity index (χ0v) is 11.1. The molecule has 0 radical (unpaired) electrons. The van der Waals surface area contributed by atoms with Crippen LogP contribution >= 0.6 is 0 Å². The summed E-state index contributed by atoms with van der Waals surface area (Å²) in [6, 6.07) is 7.72. The van der Waals surface area contributed by atoms with E-state index in [1.165, 1.54) is 14.2 Å². The second-order valence-corrected chi connectivity index (χ2v) is 4.22. The number of hydrogen-bond acceptors (Lipinski definition) is 3. The van der Waals surface area contributed by atoms with Crippen molar-refractivity contribution in [3.63, 3.8) is 0 Å². The highest BCUT2D eigenvalue weighted by Crippen LogP contribution is 2.32. The first-order valence-corrected chi connectivity index (χ1v) is 5.91. The summed E-state index contributed by atoms with van der Waals surface area (Å²) in [6.45, 7) is 0. The minimum atomic E-state index is -1.15. The fraction of sp³-hybridized carbons (Fsp3) is 0.200. The van der Waals surface area contributed by atoms with E-state index >= 15 is 0 Å². The monoisotopic (exact) mass is 280 g/mol. The quantitative estimate of drug-likeness (QED) is 0.935. The van der Waals surface area contributed by atoms with Crippen molar-refractivity contribution in [1.29, 1.82) is 0 Å². The number of ether oxygens (including phenoxy) is 2. The average Bonchev–Trinajstić information content (AvgIpc) is 2.44. The van der Waals surface area contributed by atoms with Crippen molar-refractivity contribution < 1.29 is 23.4 Å². The minimum Gasteiger partial charge on any atom is -0.493 e. The van der Waals surface area contributed by atoms with Gasteiger partial charge in [-0.15, -0.1) is 0 Å². The molecule has 0 heterocycles. The topological polar surface area (TPSA) is 38.7 Å². The molecule has 5 heteroatoms. The number of methoxy groups -OCH3 is 2. The third-order valence-electron chi connectivity index (χ3n) is 2.92. The van der Waals surface area contributed by atoms with Gasteiger partial charge in [-0.3, -0.25) is 0 Å². The van der Waals surface area contributed by atoms with Crippen LogP contribution < -0.4 is 9.47 Å². The number of benzene rings is 2. The molecule has 0 amide bonds. The van der Waals surface area contributed by atoms with E-state index in [0.717, 1.165) is 18.2 Å². The van der Waals surface area contributed by atoms with E-state index in [9.17, 15) is 13.9 Å². The molecule has 3 nitrogen and oxygen atoms in total. The molecule has 0 aliphatic carbocycles. The van der Waals surface area contributed by atoms with Crippen molar-refractivity contribution in [1.82, 2.24) is 0 Å². The lowest BCUT2D eigenvalue weighted by atomic mass is 10.0. The van der Waals surface area contributed by atoms with Crippen LogP contribution in [0.1, 0.15) is 17.2 Å². The van der Waals surface area contributed by atoms with Crippen LogP contribution in [-0.2, 0) is 0 Å². The predicted octanol–water partition coefficient (Wildman–Crippen LogP) is 3.06. The lowest BCUT2D eigenvalue weighted by Crippen LogP contribution is -2.02. The van der Waals surface area contributed by atoms with Crippen LogP contribution in [0, 0.1) is 11.6 Å². The van der Waals surface area contributed by atoms with Gasteiger partial charge in [-0.05, 0) is 35.4 Å². The summed E-state index contributed by atoms with van der Waals surface area (Å²) in [4.78, 5) is 0. The lowest BCUT2D eigenvalue weighted by molar-refractivity contribution is 0.218. The fourth-order valence-electron chi connectivity index (χ4n) is 1.95. The van der Waals surface area contributed by atoms with Gasteiger partial charge in [0.05, 0.1) is 14.2 Å². The largest absolute Gasteiger partial charge is 0.493 e. The van der Waals surface area contributed by atoms with Gasteiger partial charge >= 0.3 is 0 Å². The molecule has 0 saturated carbocycles. The van der Waals surface area contributed by atoms with Gasteiger partial charge in [0, 0.05) is 6.07 Å². The molecule has 0 saturated heterocycles. The van der Waals surface area contributed by atoms with Crippen LogP contribution in [0.25, 0.3) is 0 Å². The fourth-order valence-corrected chi connectivity index (χ4v) is 1.95. The zero-order valence-electron chi connectivity index (χ0n) is 11.1. The second-order valence-electron chi connectivity index (χ2n) is 4.22. The molecule has 1 atom stereocenters. The van der Waals surface area contributed by atoms with Gasteiger partial charge in [-0.25, -0.2) is 8.78 Å². The Bertz CT molecular complexity index is 594. The molecule has 0 aliphatic heterocycles. The van der Waals surface area contributed by atoms with Gasteiger partial charge in [0.15, 0.2) is 11.5 Å². The standard InChI is InChI=1S/C15H14F2O3/c1-19-13-4-3-9(7-14(13)20-2)15(18)10-5-11(16)8-12(17)6-10/h3-8,15,18H,1-2H3. The van der Waals surface area contributed by atoms with Gasteiger partial charge in [0.25, 0.3) is 0 Å². The molecule has 2 aromatic carbocycles. The second kappa shape index (κ2) is 5.88. The highest BCUT2D eigenvalue weighted by molar-refractivity contribution is 5.45. The van der Waals surface area contributed by atoms with E-state index in [-0.39, 0.29) is 5.56 Å². The van der Waals surface area contributed by atoms with E-state index in [1.807, 2.05) is 0 Å². The Morgan fingerprint density at radius 2 is 1.45 bits per heavy atom. The predicted molar refractivity (Wildman–Crippen MR) is 70.0 cm³/mol. The van der Waals surface area contributed by atoms with Crippen molar-refractivity contribution in [3.05, 3.63) is 59.2 Å². The number of hydrogen-bond donors (Lipinski definition) is 1. The number of aliphatic hydroxyl groups excluding tert-OH is 1. The van der Waals surface area contributed by atoms with Crippen molar-refractivity contribution in [2.24, 2.45) is 0 Å². The van der Waals surface area contributed by atoms with Gasteiger partial charge < -0.3 is 14.6 Å². The molecule has 0 aliphatic rings. The molecule has 20 heavy (non-hydrogen) atoms. The Labute approximate surface area is 115 Å². The Morgan fingerprint density at radius 3 is 2.00 bits per heavy atom. The molecule has 0 fully saturated rings. The molecular weight excluding hydrogens is 266 g/mol. The number of rotatable bonds is 4. The Morgan fingerprint density at radius 1 is 0.850 bits per heavy atom. The van der Waals surface area contributed by atoms with E-state index in [2.05, 4.69) is 0 Å². The van der Waals surface area contributed by atoms with Gasteiger partial charge in [0.1, 0.15) is 17.7 Å². The summed E-state index contributed by atoms with van der Waals surface area (Å²) >= 11 is 0. The molecule has 1 N–H and O–H groups in total. The lowest BCUT2D eigenvalue weighted by Gasteiger charge is -2.14. The third kappa shape index (κ3) is 2.88. The van der Waals surface area contributed by atoms with E-state index < -0.39 is 17.7 Å². The Hall–Kier alpha value is -2.14.